The van der Waals surface area contributed by atoms with E-state index in [4.69, 9.17) is 20.8 Å². The number of carbonyl (C=O) groups excluding carboxylic acids is 2. The molecule has 0 aliphatic carbocycles. The number of furan rings is 1. The van der Waals surface area contributed by atoms with Crippen molar-refractivity contribution in [3.8, 4) is 5.75 Å². The third-order valence-corrected chi connectivity index (χ3v) is 7.28. The molecule has 0 saturated heterocycles. The number of Topliss-reactive ketones (excluding diaryl/α,β-unsaturated/α-hetero) is 1. The predicted molar refractivity (Wildman–Crippen MR) is 129 cm³/mol. The minimum atomic E-state index is -4.35. The van der Waals surface area contributed by atoms with Gasteiger partial charge in [0.25, 0.3) is 15.9 Å². The number of nitrogens with zero attached hydrogens (tertiary/aromatic N) is 1. The molecule has 0 saturated carbocycles. The summed E-state index contributed by atoms with van der Waals surface area (Å²) in [6.07, 6.45) is 0. The van der Waals surface area contributed by atoms with Crippen LogP contribution in [0.1, 0.15) is 33.4 Å². The van der Waals surface area contributed by atoms with Crippen molar-refractivity contribution in [3.63, 3.8) is 0 Å². The molecule has 0 radical (unpaired) electrons. The monoisotopic (exact) mass is 497 g/mol. The van der Waals surface area contributed by atoms with Crippen molar-refractivity contribution < 1.29 is 27.2 Å². The molecule has 0 fully saturated rings. The average molecular weight is 498 g/mol. The molecule has 174 valence electrons. The largest absolute Gasteiger partial charge is 0.497 e. The highest BCUT2D eigenvalue weighted by molar-refractivity contribution is 7.93. The van der Waals surface area contributed by atoms with Crippen LogP contribution in [0.4, 0.5) is 5.69 Å². The number of methoxy groups -OCH3 is 1. The summed E-state index contributed by atoms with van der Waals surface area (Å²) in [5.74, 6) is -0.137. The van der Waals surface area contributed by atoms with E-state index in [1.54, 1.807) is 6.92 Å². The standard InChI is InChI=1S/C25H20ClNO6S/c1-15(28)24-16(2)33-23-13-8-19(14-22(23)24)27(25(29)17-4-6-18(26)7-5-17)34(30,31)21-11-9-20(32-3)10-12-21/h4-14H,1-3H3. The molecule has 0 aliphatic heterocycles. The number of hydrogen-bond donors (Lipinski definition) is 0. The Bertz CT molecular complexity index is 1510. The van der Waals surface area contributed by atoms with Crippen molar-refractivity contribution in [2.75, 3.05) is 11.4 Å². The van der Waals surface area contributed by atoms with Crippen LogP contribution in [0.2, 0.25) is 5.02 Å². The minimum absolute atomic E-state index is 0.0616. The molecule has 7 nitrogen and oxygen atoms in total. The quantitative estimate of drug-likeness (QED) is 0.320. The van der Waals surface area contributed by atoms with Gasteiger partial charge in [-0.05, 0) is 80.6 Å². The number of fused-ring (bicyclic) bond motifs is 1. The van der Waals surface area contributed by atoms with Crippen molar-refractivity contribution in [2.24, 2.45) is 0 Å². The van der Waals surface area contributed by atoms with E-state index in [1.165, 1.54) is 80.8 Å². The number of hydrogen-bond acceptors (Lipinski definition) is 6. The van der Waals surface area contributed by atoms with Gasteiger partial charge in [-0.2, -0.15) is 4.31 Å². The van der Waals surface area contributed by atoms with Crippen LogP contribution in [0, 0.1) is 6.92 Å². The van der Waals surface area contributed by atoms with Crippen LogP contribution in [0.3, 0.4) is 0 Å². The molecule has 0 N–H and O–H groups in total. The van der Waals surface area contributed by atoms with E-state index in [0.29, 0.717) is 37.4 Å². The molecule has 1 amide bonds. The Morgan fingerprint density at radius 2 is 1.62 bits per heavy atom. The number of ketones is 1. The average Bonchev–Trinajstić information content (AvgIpc) is 3.14. The van der Waals surface area contributed by atoms with Gasteiger partial charge in [0.1, 0.15) is 17.1 Å². The molecular weight excluding hydrogens is 478 g/mol. The van der Waals surface area contributed by atoms with Crippen molar-refractivity contribution in [3.05, 3.63) is 88.6 Å². The van der Waals surface area contributed by atoms with Gasteiger partial charge in [-0.15, -0.1) is 0 Å². The predicted octanol–water partition coefficient (Wildman–Crippen LogP) is 5.64. The Hall–Kier alpha value is -3.62. The fraction of sp³-hybridized carbons (Fsp3) is 0.120. The topological polar surface area (TPSA) is 93.9 Å². The van der Waals surface area contributed by atoms with E-state index in [1.807, 2.05) is 0 Å². The van der Waals surface area contributed by atoms with E-state index >= 15 is 0 Å². The van der Waals surface area contributed by atoms with Crippen LogP contribution in [-0.4, -0.2) is 27.2 Å². The van der Waals surface area contributed by atoms with E-state index < -0.39 is 15.9 Å². The number of anilines is 1. The Labute approximate surface area is 201 Å². The third kappa shape index (κ3) is 4.18. The highest BCUT2D eigenvalue weighted by Gasteiger charge is 2.33. The van der Waals surface area contributed by atoms with Crippen LogP contribution in [0.15, 0.2) is 76.0 Å². The van der Waals surface area contributed by atoms with Crippen LogP contribution in [-0.2, 0) is 10.0 Å². The fourth-order valence-electron chi connectivity index (χ4n) is 3.70. The first-order chi connectivity index (χ1) is 16.1. The minimum Gasteiger partial charge on any atom is -0.497 e. The molecular formula is C25H20ClNO6S. The zero-order valence-electron chi connectivity index (χ0n) is 18.5. The second-order valence-electron chi connectivity index (χ2n) is 7.53. The molecule has 34 heavy (non-hydrogen) atoms. The molecule has 1 heterocycles. The maximum absolute atomic E-state index is 13.7. The lowest BCUT2D eigenvalue weighted by atomic mass is 10.1. The molecule has 0 bridgehead atoms. The fourth-order valence-corrected chi connectivity index (χ4v) is 5.23. The number of aryl methyl sites for hydroxylation is 1. The van der Waals surface area contributed by atoms with Gasteiger partial charge < -0.3 is 9.15 Å². The summed E-state index contributed by atoms with van der Waals surface area (Å²) >= 11 is 5.94. The molecule has 4 rings (SSSR count). The second-order valence-corrected chi connectivity index (χ2v) is 9.75. The summed E-state index contributed by atoms with van der Waals surface area (Å²) in [6.45, 7) is 3.05. The third-order valence-electron chi connectivity index (χ3n) is 5.31. The smallest absolute Gasteiger partial charge is 0.272 e. The lowest BCUT2D eigenvalue weighted by Gasteiger charge is -2.23. The molecule has 9 heteroatoms. The van der Waals surface area contributed by atoms with Gasteiger partial charge in [0.2, 0.25) is 0 Å². The molecule has 4 aromatic rings. The normalized spacial score (nSPS) is 11.4. The summed E-state index contributed by atoms with van der Waals surface area (Å²) < 4.78 is 38.9. The van der Waals surface area contributed by atoms with Crippen LogP contribution < -0.4 is 9.04 Å². The SMILES string of the molecule is COc1ccc(S(=O)(=O)N(C(=O)c2ccc(Cl)cc2)c2ccc3oc(C)c(C(C)=O)c3c2)cc1. The number of ether oxygens (including phenoxy) is 1. The number of sulfonamides is 1. The first kappa shape index (κ1) is 23.5. The van der Waals surface area contributed by atoms with Gasteiger partial charge in [-0.1, -0.05) is 11.6 Å². The first-order valence-corrected chi connectivity index (χ1v) is 12.0. The zero-order valence-corrected chi connectivity index (χ0v) is 20.1. The Balaban J connectivity index is 1.93. The molecule has 1 aromatic heterocycles. The van der Waals surface area contributed by atoms with Gasteiger partial charge in [0, 0.05) is 16.0 Å². The maximum Gasteiger partial charge on any atom is 0.272 e. The van der Waals surface area contributed by atoms with Gasteiger partial charge in [0.15, 0.2) is 5.78 Å². The Morgan fingerprint density at radius 3 is 2.21 bits per heavy atom. The van der Waals surface area contributed by atoms with Crippen molar-refractivity contribution >= 4 is 50.0 Å². The van der Waals surface area contributed by atoms with Crippen molar-refractivity contribution in [2.45, 2.75) is 18.7 Å². The maximum atomic E-state index is 13.7. The lowest BCUT2D eigenvalue weighted by Crippen LogP contribution is -2.37. The van der Waals surface area contributed by atoms with Crippen molar-refractivity contribution in [1.82, 2.24) is 0 Å². The van der Waals surface area contributed by atoms with Gasteiger partial charge in [-0.25, -0.2) is 8.42 Å². The highest BCUT2D eigenvalue weighted by Crippen LogP contribution is 2.33. The van der Waals surface area contributed by atoms with Crippen LogP contribution >= 0.6 is 11.6 Å². The first-order valence-electron chi connectivity index (χ1n) is 10.2. The number of halogens is 1. The van der Waals surface area contributed by atoms with Gasteiger partial charge in [-0.3, -0.25) is 9.59 Å². The number of carbonyl (C=O) groups is 2. The van der Waals surface area contributed by atoms with Crippen LogP contribution in [0.5, 0.6) is 5.75 Å². The molecule has 0 aliphatic rings. The van der Waals surface area contributed by atoms with E-state index in [2.05, 4.69) is 0 Å². The molecule has 0 unspecified atom stereocenters. The van der Waals surface area contributed by atoms with E-state index in [9.17, 15) is 18.0 Å². The van der Waals surface area contributed by atoms with Gasteiger partial charge >= 0.3 is 0 Å². The van der Waals surface area contributed by atoms with E-state index in [-0.39, 0.29) is 21.9 Å². The lowest BCUT2D eigenvalue weighted by molar-refractivity contribution is 0.1000. The number of benzene rings is 3. The summed E-state index contributed by atoms with van der Waals surface area (Å²) in [4.78, 5) is 25.6. The Morgan fingerprint density at radius 1 is 0.971 bits per heavy atom. The summed E-state index contributed by atoms with van der Waals surface area (Å²) in [7, 11) is -2.88. The molecule has 0 spiro atoms. The summed E-state index contributed by atoms with van der Waals surface area (Å²) in [5, 5.41) is 0.823. The zero-order chi connectivity index (χ0) is 24.6. The second kappa shape index (κ2) is 8.96. The summed E-state index contributed by atoms with van der Waals surface area (Å²) in [5.41, 5.74) is 0.924. The van der Waals surface area contributed by atoms with Crippen molar-refractivity contribution in [1.29, 1.82) is 0 Å². The highest BCUT2D eigenvalue weighted by atomic mass is 35.5. The summed E-state index contributed by atoms with van der Waals surface area (Å²) in [6, 6.07) is 16.1. The number of rotatable bonds is 6. The van der Waals surface area contributed by atoms with E-state index in [0.717, 1.165) is 0 Å². The molecule has 0 atom stereocenters. The Kier molecular flexibility index (Phi) is 6.20. The van der Waals surface area contributed by atoms with Gasteiger partial charge in [0.05, 0.1) is 23.3 Å². The number of amides is 1. The van der Waals surface area contributed by atoms with Crippen LogP contribution in [0.25, 0.3) is 11.0 Å². The molecule has 3 aromatic carbocycles.